The molecule has 2 N–H and O–H groups in total. The molecule has 0 saturated heterocycles. The minimum Gasteiger partial charge on any atom is -0.492 e. The lowest BCUT2D eigenvalue weighted by atomic mass is 10.1. The summed E-state index contributed by atoms with van der Waals surface area (Å²) in [5.41, 5.74) is 1.50. The number of anilines is 2. The van der Waals surface area contributed by atoms with Gasteiger partial charge in [0.15, 0.2) is 5.76 Å². The van der Waals surface area contributed by atoms with E-state index in [1.54, 1.807) is 49.4 Å². The maximum Gasteiger partial charge on any atom is 0.290 e. The molecule has 0 aromatic heterocycles. The molecule has 2 aromatic carbocycles. The van der Waals surface area contributed by atoms with Crippen molar-refractivity contribution in [3.8, 4) is 5.75 Å². The zero-order valence-electron chi connectivity index (χ0n) is 15.0. The second kappa shape index (κ2) is 9.27. The van der Waals surface area contributed by atoms with E-state index in [0.717, 1.165) is 0 Å². The molecule has 136 valence electrons. The fraction of sp³-hybridized carbons (Fsp3) is 0.200. The lowest BCUT2D eigenvalue weighted by Gasteiger charge is -2.12. The summed E-state index contributed by atoms with van der Waals surface area (Å²) in [7, 11) is 1.43. The molecule has 6 heteroatoms. The largest absolute Gasteiger partial charge is 0.492 e. The first-order valence-corrected chi connectivity index (χ1v) is 8.24. The highest BCUT2D eigenvalue weighted by molar-refractivity contribution is 6.07. The predicted molar refractivity (Wildman–Crippen MR) is 101 cm³/mol. The number of nitrogens with one attached hydrogen (secondary N) is 2. The molecule has 0 unspecified atom stereocenters. The Labute approximate surface area is 152 Å². The summed E-state index contributed by atoms with van der Waals surface area (Å²) in [6, 6.07) is 13.9. The standard InChI is InChI=1S/C20H22N2O4/c1-4-17(25-3)20(24)21-15-10-8-9-14(13-15)19(23)22-16-11-6-7-12-18(16)26-5-2/h4,6-13H,5H2,1-3H3,(H,21,24)(H,22,23)/b17-4-. The van der Waals surface area contributed by atoms with Gasteiger partial charge in [0.2, 0.25) is 0 Å². The highest BCUT2D eigenvalue weighted by Gasteiger charge is 2.12. The molecule has 0 aliphatic heterocycles. The number of hydrogen-bond donors (Lipinski definition) is 2. The van der Waals surface area contributed by atoms with Crippen LogP contribution in [-0.4, -0.2) is 25.5 Å². The van der Waals surface area contributed by atoms with E-state index in [-0.39, 0.29) is 17.6 Å². The molecule has 6 nitrogen and oxygen atoms in total. The third-order valence-electron chi connectivity index (χ3n) is 3.52. The molecule has 2 amide bonds. The number of carbonyl (C=O) groups is 2. The van der Waals surface area contributed by atoms with E-state index < -0.39 is 0 Å². The van der Waals surface area contributed by atoms with Gasteiger partial charge in [0.25, 0.3) is 11.8 Å². The molecule has 0 fully saturated rings. The molecule has 0 aliphatic rings. The van der Waals surface area contributed by atoms with Crippen LogP contribution in [0.25, 0.3) is 0 Å². The third kappa shape index (κ3) is 4.86. The van der Waals surface area contributed by atoms with E-state index in [9.17, 15) is 9.59 Å². The van der Waals surface area contributed by atoms with Gasteiger partial charge in [0.05, 0.1) is 19.4 Å². The molecule has 2 aromatic rings. The minimum atomic E-state index is -0.380. The van der Waals surface area contributed by atoms with Gasteiger partial charge in [-0.25, -0.2) is 0 Å². The number of allylic oxidation sites excluding steroid dienone is 1. The molecule has 0 radical (unpaired) electrons. The number of benzene rings is 2. The molecule has 0 heterocycles. The first-order valence-electron chi connectivity index (χ1n) is 8.24. The number of hydrogen-bond acceptors (Lipinski definition) is 4. The summed E-state index contributed by atoms with van der Waals surface area (Å²) in [6.07, 6.45) is 1.57. The molecule has 0 atom stereocenters. The Morgan fingerprint density at radius 3 is 2.54 bits per heavy atom. The molecule has 26 heavy (non-hydrogen) atoms. The number of carbonyl (C=O) groups excluding carboxylic acids is 2. The van der Waals surface area contributed by atoms with Gasteiger partial charge in [-0.2, -0.15) is 0 Å². The Morgan fingerprint density at radius 1 is 1.08 bits per heavy atom. The van der Waals surface area contributed by atoms with Gasteiger partial charge in [-0.05, 0) is 50.3 Å². The summed E-state index contributed by atoms with van der Waals surface area (Å²) < 4.78 is 10.5. The predicted octanol–water partition coefficient (Wildman–Crippen LogP) is 3.83. The minimum absolute atomic E-state index is 0.200. The molecule has 0 spiro atoms. The highest BCUT2D eigenvalue weighted by Crippen LogP contribution is 2.24. The van der Waals surface area contributed by atoms with Crippen LogP contribution in [0.2, 0.25) is 0 Å². The smallest absolute Gasteiger partial charge is 0.290 e. The zero-order valence-corrected chi connectivity index (χ0v) is 15.0. The molecule has 0 bridgehead atoms. The Bertz CT molecular complexity index is 815. The zero-order chi connectivity index (χ0) is 18.9. The van der Waals surface area contributed by atoms with Crippen molar-refractivity contribution < 1.29 is 19.1 Å². The van der Waals surface area contributed by atoms with E-state index in [1.807, 2.05) is 19.1 Å². The second-order valence-electron chi connectivity index (χ2n) is 5.28. The summed E-state index contributed by atoms with van der Waals surface area (Å²) in [4.78, 5) is 24.6. The van der Waals surface area contributed by atoms with E-state index in [1.165, 1.54) is 7.11 Å². The topological polar surface area (TPSA) is 76.7 Å². The van der Waals surface area contributed by atoms with Crippen LogP contribution in [0, 0.1) is 0 Å². The van der Waals surface area contributed by atoms with Gasteiger partial charge in [-0.3, -0.25) is 9.59 Å². The first kappa shape index (κ1) is 19.1. The molecule has 2 rings (SSSR count). The Balaban J connectivity index is 2.15. The first-order chi connectivity index (χ1) is 12.6. The molecule has 0 saturated carbocycles. The normalized spacial score (nSPS) is 10.8. The van der Waals surface area contributed by atoms with E-state index in [0.29, 0.717) is 29.3 Å². The van der Waals surface area contributed by atoms with Crippen molar-refractivity contribution in [2.24, 2.45) is 0 Å². The number of methoxy groups -OCH3 is 1. The highest BCUT2D eigenvalue weighted by atomic mass is 16.5. The van der Waals surface area contributed by atoms with E-state index >= 15 is 0 Å². The van der Waals surface area contributed by atoms with E-state index in [4.69, 9.17) is 9.47 Å². The lowest BCUT2D eigenvalue weighted by molar-refractivity contribution is -0.115. The maximum atomic E-state index is 12.5. The van der Waals surface area contributed by atoms with Crippen LogP contribution in [0.5, 0.6) is 5.75 Å². The van der Waals surface area contributed by atoms with Gasteiger partial charge in [-0.1, -0.05) is 18.2 Å². The second-order valence-corrected chi connectivity index (χ2v) is 5.28. The van der Waals surface area contributed by atoms with Gasteiger partial charge >= 0.3 is 0 Å². The van der Waals surface area contributed by atoms with Crippen LogP contribution in [0.4, 0.5) is 11.4 Å². The Morgan fingerprint density at radius 2 is 1.85 bits per heavy atom. The van der Waals surface area contributed by atoms with Crippen LogP contribution in [0.1, 0.15) is 24.2 Å². The van der Waals surface area contributed by atoms with Gasteiger partial charge in [-0.15, -0.1) is 0 Å². The molecular weight excluding hydrogens is 332 g/mol. The number of rotatable bonds is 7. The third-order valence-corrected chi connectivity index (χ3v) is 3.52. The summed E-state index contributed by atoms with van der Waals surface area (Å²) in [5.74, 6) is 0.122. The number of amides is 2. The van der Waals surface area contributed by atoms with Crippen molar-refractivity contribution >= 4 is 23.2 Å². The van der Waals surface area contributed by atoms with Crippen LogP contribution in [0.15, 0.2) is 60.4 Å². The average molecular weight is 354 g/mol. The summed E-state index contributed by atoms with van der Waals surface area (Å²) in [5, 5.41) is 5.52. The van der Waals surface area contributed by atoms with E-state index in [2.05, 4.69) is 10.6 Å². The van der Waals surface area contributed by atoms with Crippen molar-refractivity contribution in [1.29, 1.82) is 0 Å². The van der Waals surface area contributed by atoms with Crippen LogP contribution in [0.3, 0.4) is 0 Å². The number of para-hydroxylation sites is 2. The van der Waals surface area contributed by atoms with Crippen molar-refractivity contribution in [3.63, 3.8) is 0 Å². The lowest BCUT2D eigenvalue weighted by Crippen LogP contribution is -2.17. The quantitative estimate of drug-likeness (QED) is 0.585. The van der Waals surface area contributed by atoms with Crippen molar-refractivity contribution in [2.45, 2.75) is 13.8 Å². The van der Waals surface area contributed by atoms with Gasteiger partial charge in [0.1, 0.15) is 5.75 Å². The van der Waals surface area contributed by atoms with Crippen LogP contribution in [-0.2, 0) is 9.53 Å². The average Bonchev–Trinajstić information content (AvgIpc) is 2.64. The summed E-state index contributed by atoms with van der Waals surface area (Å²) in [6.45, 7) is 4.09. The van der Waals surface area contributed by atoms with Crippen molar-refractivity contribution in [2.75, 3.05) is 24.4 Å². The van der Waals surface area contributed by atoms with Gasteiger partial charge < -0.3 is 20.1 Å². The number of ether oxygens (including phenoxy) is 2. The fourth-order valence-corrected chi connectivity index (χ4v) is 2.32. The SMILES string of the molecule is C/C=C(\OC)C(=O)Nc1cccc(C(=O)Nc2ccccc2OCC)c1. The van der Waals surface area contributed by atoms with Crippen molar-refractivity contribution in [3.05, 3.63) is 65.9 Å². The van der Waals surface area contributed by atoms with Crippen molar-refractivity contribution in [1.82, 2.24) is 0 Å². The molecular formula is C20H22N2O4. The fourth-order valence-electron chi connectivity index (χ4n) is 2.32. The van der Waals surface area contributed by atoms with Crippen LogP contribution < -0.4 is 15.4 Å². The summed E-state index contributed by atoms with van der Waals surface area (Å²) >= 11 is 0. The Hall–Kier alpha value is -3.28. The van der Waals surface area contributed by atoms with Crippen LogP contribution >= 0.6 is 0 Å². The van der Waals surface area contributed by atoms with Gasteiger partial charge in [0, 0.05) is 11.3 Å². The monoisotopic (exact) mass is 354 g/mol. The maximum absolute atomic E-state index is 12.5. The molecule has 0 aliphatic carbocycles. The Kier molecular flexibility index (Phi) is 6.79.